The Hall–Kier alpha value is -2.15. The van der Waals surface area contributed by atoms with Crippen LogP contribution in [0.5, 0.6) is 0 Å². The van der Waals surface area contributed by atoms with Crippen LogP contribution in [0.4, 0.5) is 0 Å². The molecule has 2 heterocycles. The van der Waals surface area contributed by atoms with E-state index in [1.165, 1.54) is 7.11 Å². The second-order valence-electron chi connectivity index (χ2n) is 7.19. The molecule has 0 fully saturated rings. The van der Waals surface area contributed by atoms with E-state index in [2.05, 4.69) is 21.8 Å². The highest BCUT2D eigenvalue weighted by Gasteiger charge is 2.21. The second-order valence-corrected chi connectivity index (χ2v) is 8.63. The van der Waals surface area contributed by atoms with E-state index in [-0.39, 0.29) is 5.97 Å². The largest absolute Gasteiger partial charge is 0.468 e. The zero-order chi connectivity index (χ0) is 21.3. The van der Waals surface area contributed by atoms with E-state index < -0.39 is 6.04 Å². The average Bonchev–Trinajstić information content (AvgIpc) is 3.40. The first kappa shape index (κ1) is 22.5. The van der Waals surface area contributed by atoms with Crippen LogP contribution in [0, 0.1) is 0 Å². The van der Waals surface area contributed by atoms with Crippen LogP contribution in [0.15, 0.2) is 48.0 Å². The first-order chi connectivity index (χ1) is 14.6. The van der Waals surface area contributed by atoms with Crippen LogP contribution in [0.3, 0.4) is 0 Å². The molecule has 30 heavy (non-hydrogen) atoms. The van der Waals surface area contributed by atoms with Gasteiger partial charge in [-0.2, -0.15) is 0 Å². The Labute approximate surface area is 187 Å². The molecule has 2 aromatic heterocycles. The SMILES string of the molecule is CCCCc1ncc(CN[C@@H](Cc2cccs2)C(=O)OC)n1Cc1ccccc1Cl. The van der Waals surface area contributed by atoms with Gasteiger partial charge in [0.05, 0.1) is 19.3 Å². The van der Waals surface area contributed by atoms with Crippen molar-refractivity contribution in [3.63, 3.8) is 0 Å². The molecule has 1 aromatic carbocycles. The van der Waals surface area contributed by atoms with Gasteiger partial charge >= 0.3 is 5.97 Å². The number of thiophene rings is 1. The third-order valence-electron chi connectivity index (χ3n) is 5.06. The minimum Gasteiger partial charge on any atom is -0.468 e. The summed E-state index contributed by atoms with van der Waals surface area (Å²) < 4.78 is 7.22. The number of halogens is 1. The number of benzene rings is 1. The Morgan fingerprint density at radius 2 is 2.13 bits per heavy atom. The average molecular weight is 446 g/mol. The van der Waals surface area contributed by atoms with Crippen molar-refractivity contribution >= 4 is 28.9 Å². The van der Waals surface area contributed by atoms with Crippen molar-refractivity contribution < 1.29 is 9.53 Å². The molecule has 0 aliphatic heterocycles. The van der Waals surface area contributed by atoms with Crippen molar-refractivity contribution in [1.29, 1.82) is 0 Å². The maximum Gasteiger partial charge on any atom is 0.323 e. The Balaban J connectivity index is 1.78. The number of methoxy groups -OCH3 is 1. The molecule has 0 saturated carbocycles. The summed E-state index contributed by atoms with van der Waals surface area (Å²) in [5.74, 6) is 0.785. The lowest BCUT2D eigenvalue weighted by Gasteiger charge is -2.18. The molecular weight excluding hydrogens is 418 g/mol. The smallest absolute Gasteiger partial charge is 0.323 e. The first-order valence-corrected chi connectivity index (χ1v) is 11.5. The van der Waals surface area contributed by atoms with Crippen molar-refractivity contribution in [2.75, 3.05) is 7.11 Å². The lowest BCUT2D eigenvalue weighted by Crippen LogP contribution is -2.39. The fourth-order valence-corrected chi connectivity index (χ4v) is 4.31. The lowest BCUT2D eigenvalue weighted by atomic mass is 10.1. The van der Waals surface area contributed by atoms with Crippen molar-refractivity contribution in [3.05, 3.63) is 75.0 Å². The maximum atomic E-state index is 12.3. The monoisotopic (exact) mass is 445 g/mol. The highest BCUT2D eigenvalue weighted by molar-refractivity contribution is 7.09. The highest BCUT2D eigenvalue weighted by Crippen LogP contribution is 2.20. The number of aryl methyl sites for hydroxylation is 1. The van der Waals surface area contributed by atoms with E-state index in [9.17, 15) is 4.79 Å². The molecule has 0 bridgehead atoms. The van der Waals surface area contributed by atoms with Crippen molar-refractivity contribution in [1.82, 2.24) is 14.9 Å². The van der Waals surface area contributed by atoms with Gasteiger partial charge in [0, 0.05) is 35.5 Å². The number of ether oxygens (including phenoxy) is 1. The fourth-order valence-electron chi connectivity index (χ4n) is 3.36. The zero-order valence-electron chi connectivity index (χ0n) is 17.4. The van der Waals surface area contributed by atoms with Crippen LogP contribution >= 0.6 is 22.9 Å². The molecule has 1 N–H and O–H groups in total. The molecule has 0 unspecified atom stereocenters. The number of nitrogens with one attached hydrogen (secondary N) is 1. The summed E-state index contributed by atoms with van der Waals surface area (Å²) in [6.07, 6.45) is 5.60. The number of hydrogen-bond acceptors (Lipinski definition) is 5. The quantitative estimate of drug-likeness (QED) is 0.428. The highest BCUT2D eigenvalue weighted by atomic mass is 35.5. The Bertz CT molecular complexity index is 940. The van der Waals surface area contributed by atoms with Gasteiger partial charge in [-0.05, 0) is 29.5 Å². The van der Waals surface area contributed by atoms with Gasteiger partial charge in [0.2, 0.25) is 0 Å². The molecule has 3 rings (SSSR count). The van der Waals surface area contributed by atoms with Gasteiger partial charge in [0.25, 0.3) is 0 Å². The molecule has 0 radical (unpaired) electrons. The number of rotatable bonds is 11. The molecule has 0 amide bonds. The predicted molar refractivity (Wildman–Crippen MR) is 122 cm³/mol. The molecule has 0 aliphatic rings. The summed E-state index contributed by atoms with van der Waals surface area (Å²) in [6.45, 7) is 3.35. The second kappa shape index (κ2) is 11.3. The van der Waals surface area contributed by atoms with Crippen LogP contribution in [-0.4, -0.2) is 28.7 Å². The molecule has 0 aliphatic carbocycles. The molecule has 0 spiro atoms. The normalized spacial score (nSPS) is 12.1. The van der Waals surface area contributed by atoms with Crippen LogP contribution in [-0.2, 0) is 35.5 Å². The number of nitrogens with zero attached hydrogens (tertiary/aromatic N) is 2. The standard InChI is InChI=1S/C23H28ClN3O2S/c1-3-4-11-22-26-15-18(27(22)16-17-8-5-6-10-20(17)24)14-25-21(23(28)29-2)13-19-9-7-12-30-19/h5-10,12,15,21,25H,3-4,11,13-14,16H2,1-2H3/t21-/m0/s1. The van der Waals surface area contributed by atoms with E-state index in [0.717, 1.165) is 46.2 Å². The lowest BCUT2D eigenvalue weighted by molar-refractivity contribution is -0.143. The minimum absolute atomic E-state index is 0.258. The Morgan fingerprint density at radius 1 is 1.30 bits per heavy atom. The van der Waals surface area contributed by atoms with Crippen LogP contribution < -0.4 is 5.32 Å². The third kappa shape index (κ3) is 5.94. The summed E-state index contributed by atoms with van der Waals surface area (Å²) >= 11 is 8.05. The van der Waals surface area contributed by atoms with Crippen molar-refractivity contribution in [2.24, 2.45) is 0 Å². The van der Waals surface area contributed by atoms with Crippen LogP contribution in [0.2, 0.25) is 5.02 Å². The van der Waals surface area contributed by atoms with Gasteiger partial charge < -0.3 is 9.30 Å². The maximum absolute atomic E-state index is 12.3. The molecular formula is C23H28ClN3O2S. The zero-order valence-corrected chi connectivity index (χ0v) is 19.0. The number of aromatic nitrogens is 2. The summed E-state index contributed by atoms with van der Waals surface area (Å²) in [7, 11) is 1.43. The summed E-state index contributed by atoms with van der Waals surface area (Å²) in [5.41, 5.74) is 2.08. The predicted octanol–water partition coefficient (Wildman–Crippen LogP) is 4.86. The summed E-state index contributed by atoms with van der Waals surface area (Å²) in [4.78, 5) is 18.1. The van der Waals surface area contributed by atoms with Gasteiger partial charge in [-0.15, -0.1) is 11.3 Å². The number of imidazole rings is 1. The Kier molecular flexibility index (Phi) is 8.49. The molecule has 1 atom stereocenters. The van der Waals surface area contributed by atoms with Crippen LogP contribution in [0.1, 0.15) is 41.7 Å². The van der Waals surface area contributed by atoms with Crippen LogP contribution in [0.25, 0.3) is 0 Å². The molecule has 5 nitrogen and oxygen atoms in total. The van der Waals surface area contributed by atoms with Gasteiger partial charge in [-0.3, -0.25) is 10.1 Å². The number of carbonyl (C=O) groups excluding carboxylic acids is 1. The van der Waals surface area contributed by atoms with E-state index in [4.69, 9.17) is 16.3 Å². The van der Waals surface area contributed by atoms with Gasteiger partial charge in [0.1, 0.15) is 11.9 Å². The van der Waals surface area contributed by atoms with E-state index in [1.54, 1.807) is 11.3 Å². The molecule has 7 heteroatoms. The molecule has 160 valence electrons. The summed E-state index contributed by atoms with van der Waals surface area (Å²) in [5, 5.41) is 6.14. The van der Waals surface area contributed by atoms with E-state index >= 15 is 0 Å². The van der Waals surface area contributed by atoms with Gasteiger partial charge in [-0.25, -0.2) is 4.98 Å². The van der Waals surface area contributed by atoms with Crippen molar-refractivity contribution in [2.45, 2.75) is 51.7 Å². The Morgan fingerprint density at radius 3 is 2.83 bits per heavy atom. The van der Waals surface area contributed by atoms with Gasteiger partial charge in [0.15, 0.2) is 0 Å². The third-order valence-corrected chi connectivity index (χ3v) is 6.33. The van der Waals surface area contributed by atoms with Gasteiger partial charge in [-0.1, -0.05) is 49.2 Å². The summed E-state index contributed by atoms with van der Waals surface area (Å²) in [6, 6.07) is 11.5. The topological polar surface area (TPSA) is 56.1 Å². The number of hydrogen-bond donors (Lipinski definition) is 1. The number of carbonyl (C=O) groups is 1. The molecule has 0 saturated heterocycles. The number of esters is 1. The van der Waals surface area contributed by atoms with E-state index in [0.29, 0.717) is 19.5 Å². The van der Waals surface area contributed by atoms with E-state index in [1.807, 2.05) is 48.0 Å². The molecule has 3 aromatic rings. The fraction of sp³-hybridized carbons (Fsp3) is 0.391. The first-order valence-electron chi connectivity index (χ1n) is 10.2. The number of unbranched alkanes of at least 4 members (excludes halogenated alkanes) is 1. The minimum atomic E-state index is -0.406. The van der Waals surface area contributed by atoms with Crippen molar-refractivity contribution in [3.8, 4) is 0 Å².